The molecule has 1 aliphatic carbocycles. The van der Waals surface area contributed by atoms with Crippen LogP contribution in [0, 0.1) is 0 Å². The monoisotopic (exact) mass is 332 g/mol. The van der Waals surface area contributed by atoms with Crippen LogP contribution in [0.5, 0.6) is 0 Å². The molecular formula is C20H32N2O2. The number of nitrogens with one attached hydrogen (secondary N) is 1. The number of hydrogen-bond donors (Lipinski definition) is 2. The molecule has 0 bridgehead atoms. The summed E-state index contributed by atoms with van der Waals surface area (Å²) in [5.41, 5.74) is 2.72. The van der Waals surface area contributed by atoms with Gasteiger partial charge in [0.2, 0.25) is 0 Å². The van der Waals surface area contributed by atoms with E-state index < -0.39 is 6.10 Å². The molecule has 2 aliphatic rings. The average molecular weight is 332 g/mol. The summed E-state index contributed by atoms with van der Waals surface area (Å²) < 4.78 is 6.04. The van der Waals surface area contributed by atoms with Crippen molar-refractivity contribution in [2.24, 2.45) is 0 Å². The minimum Gasteiger partial charge on any atom is -0.389 e. The van der Waals surface area contributed by atoms with Crippen LogP contribution >= 0.6 is 0 Å². The van der Waals surface area contributed by atoms with Crippen molar-refractivity contribution in [3.8, 4) is 0 Å². The van der Waals surface area contributed by atoms with Gasteiger partial charge in [-0.25, -0.2) is 0 Å². The number of likely N-dealkylation sites (tertiary alicyclic amines) is 1. The van der Waals surface area contributed by atoms with Crippen molar-refractivity contribution < 1.29 is 9.84 Å². The molecule has 134 valence electrons. The van der Waals surface area contributed by atoms with Crippen molar-refractivity contribution in [1.29, 1.82) is 0 Å². The fourth-order valence-corrected chi connectivity index (χ4v) is 4.13. The first-order valence-electron chi connectivity index (χ1n) is 9.60. The number of ether oxygens (including phenoxy) is 1. The lowest BCUT2D eigenvalue weighted by molar-refractivity contribution is -0.0169. The number of aliphatic hydroxyl groups excluding tert-OH is 1. The van der Waals surface area contributed by atoms with Gasteiger partial charge in [0, 0.05) is 19.1 Å². The van der Waals surface area contributed by atoms with Gasteiger partial charge in [-0.1, -0.05) is 31.2 Å². The molecule has 1 saturated heterocycles. The fourth-order valence-electron chi connectivity index (χ4n) is 4.13. The van der Waals surface area contributed by atoms with E-state index in [-0.39, 0.29) is 6.10 Å². The van der Waals surface area contributed by atoms with Crippen molar-refractivity contribution >= 4 is 0 Å². The quantitative estimate of drug-likeness (QED) is 0.768. The van der Waals surface area contributed by atoms with Gasteiger partial charge in [0.05, 0.1) is 18.8 Å². The zero-order valence-electron chi connectivity index (χ0n) is 14.9. The molecule has 1 aromatic carbocycles. The molecule has 3 rings (SSSR count). The molecule has 1 aromatic rings. The normalized spacial score (nSPS) is 25.6. The summed E-state index contributed by atoms with van der Waals surface area (Å²) in [5.74, 6) is 0. The molecule has 1 aliphatic heterocycles. The van der Waals surface area contributed by atoms with E-state index in [1.165, 1.54) is 36.9 Å². The van der Waals surface area contributed by atoms with Crippen LogP contribution in [0.15, 0.2) is 24.3 Å². The summed E-state index contributed by atoms with van der Waals surface area (Å²) in [6, 6.07) is 9.18. The summed E-state index contributed by atoms with van der Waals surface area (Å²) >= 11 is 0. The third kappa shape index (κ3) is 4.57. The van der Waals surface area contributed by atoms with E-state index in [2.05, 4.69) is 41.4 Å². The number of aryl methyl sites for hydroxylation is 1. The van der Waals surface area contributed by atoms with Crippen LogP contribution in [0.3, 0.4) is 0 Å². The topological polar surface area (TPSA) is 44.7 Å². The maximum absolute atomic E-state index is 10.2. The van der Waals surface area contributed by atoms with Crippen LogP contribution in [0.2, 0.25) is 0 Å². The third-order valence-corrected chi connectivity index (χ3v) is 5.47. The van der Waals surface area contributed by atoms with Gasteiger partial charge >= 0.3 is 0 Å². The number of aliphatic hydroxyl groups is 1. The van der Waals surface area contributed by atoms with E-state index in [0.29, 0.717) is 19.2 Å². The highest BCUT2D eigenvalue weighted by Crippen LogP contribution is 2.32. The van der Waals surface area contributed by atoms with Gasteiger partial charge in [0.1, 0.15) is 0 Å². The van der Waals surface area contributed by atoms with Gasteiger partial charge in [-0.05, 0) is 56.3 Å². The molecule has 1 fully saturated rings. The molecule has 0 spiro atoms. The van der Waals surface area contributed by atoms with E-state index in [4.69, 9.17) is 4.74 Å². The molecule has 24 heavy (non-hydrogen) atoms. The first-order chi connectivity index (χ1) is 11.8. The van der Waals surface area contributed by atoms with E-state index in [1.807, 2.05) is 0 Å². The minimum absolute atomic E-state index is 0.148. The maximum Gasteiger partial charge on any atom is 0.0897 e. The highest BCUT2D eigenvalue weighted by atomic mass is 16.5. The Balaban J connectivity index is 1.38. The van der Waals surface area contributed by atoms with Crippen molar-refractivity contribution in [3.05, 3.63) is 35.4 Å². The Bertz CT molecular complexity index is 508. The molecule has 0 amide bonds. The smallest absolute Gasteiger partial charge is 0.0897 e. The molecule has 0 unspecified atom stereocenters. The Morgan fingerprint density at radius 2 is 2.17 bits per heavy atom. The molecule has 4 heteroatoms. The molecule has 2 N–H and O–H groups in total. The standard InChI is InChI=1S/C20H32N2O2/c1-2-22-12-6-9-17(22)13-21-14-18(23)15-24-20-11-5-8-16-7-3-4-10-19(16)20/h3-4,7,10,17-18,20-21,23H,2,5-6,8-9,11-15H2,1H3/t17-,18-,20+/m1/s1. The lowest BCUT2D eigenvalue weighted by atomic mass is 9.89. The summed E-state index contributed by atoms with van der Waals surface area (Å²) in [6.45, 7) is 6.56. The number of nitrogens with zero attached hydrogens (tertiary/aromatic N) is 1. The molecular weight excluding hydrogens is 300 g/mol. The van der Waals surface area contributed by atoms with Gasteiger partial charge < -0.3 is 15.2 Å². The predicted octanol–water partition coefficient (Wildman–Crippen LogP) is 2.52. The minimum atomic E-state index is -0.435. The van der Waals surface area contributed by atoms with Gasteiger partial charge in [0.15, 0.2) is 0 Å². The Hall–Kier alpha value is -0.940. The first kappa shape index (κ1) is 17.9. The fraction of sp³-hybridized carbons (Fsp3) is 0.700. The second kappa shape index (κ2) is 8.95. The number of benzene rings is 1. The number of rotatable bonds is 8. The summed E-state index contributed by atoms with van der Waals surface area (Å²) in [7, 11) is 0. The van der Waals surface area contributed by atoms with Crippen LogP contribution in [0.1, 0.15) is 49.8 Å². The van der Waals surface area contributed by atoms with Crippen molar-refractivity contribution in [2.45, 2.75) is 57.3 Å². The highest BCUT2D eigenvalue weighted by Gasteiger charge is 2.23. The zero-order valence-corrected chi connectivity index (χ0v) is 14.9. The molecule has 3 atom stereocenters. The van der Waals surface area contributed by atoms with Gasteiger partial charge in [-0.3, -0.25) is 4.90 Å². The average Bonchev–Trinajstić information content (AvgIpc) is 3.07. The lowest BCUT2D eigenvalue weighted by Crippen LogP contribution is -2.41. The van der Waals surface area contributed by atoms with Crippen molar-refractivity contribution in [1.82, 2.24) is 10.2 Å². The number of likely N-dealkylation sites (N-methyl/N-ethyl adjacent to an activating group) is 1. The maximum atomic E-state index is 10.2. The lowest BCUT2D eigenvalue weighted by Gasteiger charge is -2.27. The molecule has 4 nitrogen and oxygen atoms in total. The van der Waals surface area contributed by atoms with Crippen molar-refractivity contribution in [3.63, 3.8) is 0 Å². The number of hydrogen-bond acceptors (Lipinski definition) is 4. The van der Waals surface area contributed by atoms with Crippen LogP contribution in [-0.2, 0) is 11.2 Å². The molecule has 0 radical (unpaired) electrons. The van der Waals surface area contributed by atoms with Gasteiger partial charge in [-0.2, -0.15) is 0 Å². The second-order valence-corrected chi connectivity index (χ2v) is 7.15. The largest absolute Gasteiger partial charge is 0.389 e. The Labute approximate surface area is 146 Å². The first-order valence-corrected chi connectivity index (χ1v) is 9.60. The molecule has 0 aromatic heterocycles. The van der Waals surface area contributed by atoms with Crippen LogP contribution in [0.4, 0.5) is 0 Å². The second-order valence-electron chi connectivity index (χ2n) is 7.15. The van der Waals surface area contributed by atoms with E-state index in [9.17, 15) is 5.11 Å². The summed E-state index contributed by atoms with van der Waals surface area (Å²) in [6.07, 6.45) is 5.66. The van der Waals surface area contributed by atoms with Crippen molar-refractivity contribution in [2.75, 3.05) is 32.8 Å². The van der Waals surface area contributed by atoms with Gasteiger partial charge in [0.25, 0.3) is 0 Å². The van der Waals surface area contributed by atoms with Crippen LogP contribution < -0.4 is 5.32 Å². The molecule has 0 saturated carbocycles. The van der Waals surface area contributed by atoms with E-state index in [0.717, 1.165) is 25.9 Å². The summed E-state index contributed by atoms with van der Waals surface area (Å²) in [5, 5.41) is 13.7. The summed E-state index contributed by atoms with van der Waals surface area (Å²) in [4.78, 5) is 2.52. The Morgan fingerprint density at radius 1 is 1.29 bits per heavy atom. The predicted molar refractivity (Wildman–Crippen MR) is 97.2 cm³/mol. The Kier molecular flexibility index (Phi) is 6.67. The van der Waals surface area contributed by atoms with E-state index >= 15 is 0 Å². The Morgan fingerprint density at radius 3 is 3.04 bits per heavy atom. The molecule has 1 heterocycles. The van der Waals surface area contributed by atoms with E-state index in [1.54, 1.807) is 0 Å². The third-order valence-electron chi connectivity index (χ3n) is 5.47. The van der Waals surface area contributed by atoms with Gasteiger partial charge in [-0.15, -0.1) is 0 Å². The van der Waals surface area contributed by atoms with Crippen LogP contribution in [0.25, 0.3) is 0 Å². The van der Waals surface area contributed by atoms with Crippen LogP contribution in [-0.4, -0.2) is 54.9 Å². The highest BCUT2D eigenvalue weighted by molar-refractivity contribution is 5.31. The SMILES string of the molecule is CCN1CCC[C@@H]1CNC[C@@H](O)CO[C@H]1CCCc2ccccc21. The zero-order chi connectivity index (χ0) is 16.8. The number of fused-ring (bicyclic) bond motifs is 1.